The van der Waals surface area contributed by atoms with E-state index < -0.39 is 5.97 Å². The largest absolute Gasteiger partial charge is 0.491 e. The van der Waals surface area contributed by atoms with Gasteiger partial charge in [0.25, 0.3) is 0 Å². The first kappa shape index (κ1) is 28.4. The van der Waals surface area contributed by atoms with Gasteiger partial charge in [0.2, 0.25) is 11.8 Å². The second-order valence-corrected chi connectivity index (χ2v) is 11.1. The molecule has 1 N–H and O–H groups in total. The van der Waals surface area contributed by atoms with E-state index >= 15 is 0 Å². The molecule has 4 rings (SSSR count). The van der Waals surface area contributed by atoms with Crippen LogP contribution in [-0.4, -0.2) is 52.4 Å². The first-order valence-corrected chi connectivity index (χ1v) is 13.9. The number of carbonyl (C=O) groups excluding carboxylic acids is 2. The fourth-order valence-electron chi connectivity index (χ4n) is 5.49. The van der Waals surface area contributed by atoms with E-state index in [1.165, 1.54) is 17.7 Å². The van der Waals surface area contributed by atoms with Crippen LogP contribution in [0.4, 0.5) is 0 Å². The summed E-state index contributed by atoms with van der Waals surface area (Å²) in [5.74, 6) is 0.0553. The third-order valence-corrected chi connectivity index (χ3v) is 8.20. The maximum Gasteiger partial charge on any atom is 0.305 e. The molecule has 1 saturated carbocycles. The average molecular weight is 562 g/mol. The zero-order chi connectivity index (χ0) is 27.2. The smallest absolute Gasteiger partial charge is 0.305 e. The Kier molecular flexibility index (Phi) is 9.69. The van der Waals surface area contributed by atoms with Gasteiger partial charge in [0.1, 0.15) is 12.4 Å². The van der Waals surface area contributed by atoms with Gasteiger partial charge < -0.3 is 9.84 Å². The molecule has 0 spiro atoms. The number of likely N-dealkylation sites (tertiary alicyclic amines) is 1. The number of nitrogens with zero attached hydrogens (tertiary/aromatic N) is 2. The number of imide groups is 1. The lowest BCUT2D eigenvalue weighted by molar-refractivity contribution is -0.140. The van der Waals surface area contributed by atoms with Gasteiger partial charge in [-0.3, -0.25) is 24.2 Å². The summed E-state index contributed by atoms with van der Waals surface area (Å²) >= 11 is 12.5. The topological polar surface area (TPSA) is 87.2 Å². The van der Waals surface area contributed by atoms with Crippen LogP contribution in [0.5, 0.6) is 5.75 Å². The molecule has 1 aliphatic carbocycles. The summed E-state index contributed by atoms with van der Waals surface area (Å²) in [5.41, 5.74) is 2.82. The van der Waals surface area contributed by atoms with Gasteiger partial charge >= 0.3 is 5.97 Å². The standard InChI is InChI=1S/C29H34Cl2N2O5/c1-19-14-21(6-9-26(19)38-13-12-33-27(34)10-11-28(33)35)18-32(17-20-4-2-3-5-20)25(16-29(36)37)22-7-8-23(30)24(31)15-22/h6-9,14-15,20,25H,2-5,10-13,16-18H2,1H3,(H,36,37). The van der Waals surface area contributed by atoms with Gasteiger partial charge in [0.05, 0.1) is 23.0 Å². The Morgan fingerprint density at radius 3 is 2.42 bits per heavy atom. The number of rotatable bonds is 12. The van der Waals surface area contributed by atoms with Crippen molar-refractivity contribution in [3.05, 3.63) is 63.1 Å². The summed E-state index contributed by atoms with van der Waals surface area (Å²) in [6.45, 7) is 3.82. The van der Waals surface area contributed by atoms with Crippen molar-refractivity contribution in [2.45, 2.75) is 64.5 Å². The molecule has 9 heteroatoms. The van der Waals surface area contributed by atoms with Gasteiger partial charge in [-0.25, -0.2) is 0 Å². The second-order valence-electron chi connectivity index (χ2n) is 10.3. The number of hydrogen-bond acceptors (Lipinski definition) is 5. The van der Waals surface area contributed by atoms with Crippen molar-refractivity contribution < 1.29 is 24.2 Å². The zero-order valence-corrected chi connectivity index (χ0v) is 23.1. The second kappa shape index (κ2) is 13.0. The maximum atomic E-state index is 11.9. The summed E-state index contributed by atoms with van der Waals surface area (Å²) in [4.78, 5) is 39.1. The highest BCUT2D eigenvalue weighted by Crippen LogP contribution is 2.35. The Hall–Kier alpha value is -2.61. The molecule has 1 unspecified atom stereocenters. The summed E-state index contributed by atoms with van der Waals surface area (Å²) in [6.07, 6.45) is 5.20. The minimum absolute atomic E-state index is 0.0429. The lowest BCUT2D eigenvalue weighted by Crippen LogP contribution is -2.34. The van der Waals surface area contributed by atoms with E-state index in [2.05, 4.69) is 11.0 Å². The van der Waals surface area contributed by atoms with Crippen LogP contribution in [0.15, 0.2) is 36.4 Å². The first-order chi connectivity index (χ1) is 18.2. The third-order valence-electron chi connectivity index (χ3n) is 7.46. The summed E-state index contributed by atoms with van der Waals surface area (Å²) < 4.78 is 5.89. The Morgan fingerprint density at radius 1 is 1.08 bits per heavy atom. The van der Waals surface area contributed by atoms with Crippen molar-refractivity contribution in [2.24, 2.45) is 5.92 Å². The number of amides is 2. The molecule has 2 aromatic carbocycles. The molecule has 38 heavy (non-hydrogen) atoms. The van der Waals surface area contributed by atoms with Gasteiger partial charge in [0, 0.05) is 32.0 Å². The minimum Gasteiger partial charge on any atom is -0.491 e. The number of carboxylic acids is 1. The van der Waals surface area contributed by atoms with Gasteiger partial charge in [0.15, 0.2) is 0 Å². The highest BCUT2D eigenvalue weighted by atomic mass is 35.5. The number of carbonyl (C=O) groups is 3. The normalized spacial score (nSPS) is 17.0. The Bertz CT molecular complexity index is 1170. The van der Waals surface area contributed by atoms with Crippen LogP contribution in [0.2, 0.25) is 10.0 Å². The van der Waals surface area contributed by atoms with E-state index in [-0.39, 0.29) is 50.3 Å². The molecule has 1 heterocycles. The highest BCUT2D eigenvalue weighted by Gasteiger charge is 2.29. The molecule has 2 aliphatic rings. The summed E-state index contributed by atoms with van der Waals surface area (Å²) in [6, 6.07) is 10.9. The fraction of sp³-hybridized carbons (Fsp3) is 0.483. The number of ether oxygens (including phenoxy) is 1. The molecule has 1 saturated heterocycles. The molecule has 7 nitrogen and oxygen atoms in total. The van der Waals surface area contributed by atoms with E-state index in [1.807, 2.05) is 25.1 Å². The number of benzene rings is 2. The fourth-order valence-corrected chi connectivity index (χ4v) is 5.80. The van der Waals surface area contributed by atoms with Crippen molar-refractivity contribution in [2.75, 3.05) is 19.7 Å². The lowest BCUT2D eigenvalue weighted by Gasteiger charge is -2.34. The quantitative estimate of drug-likeness (QED) is 0.318. The number of hydrogen-bond donors (Lipinski definition) is 1. The zero-order valence-electron chi connectivity index (χ0n) is 21.6. The first-order valence-electron chi connectivity index (χ1n) is 13.2. The van der Waals surface area contributed by atoms with Crippen LogP contribution in [-0.2, 0) is 20.9 Å². The van der Waals surface area contributed by atoms with Crippen LogP contribution in [0.25, 0.3) is 0 Å². The summed E-state index contributed by atoms with van der Waals surface area (Å²) in [7, 11) is 0. The molecule has 0 bridgehead atoms. The van der Waals surface area contributed by atoms with E-state index in [1.54, 1.807) is 12.1 Å². The number of aliphatic carboxylic acids is 1. The molecule has 204 valence electrons. The highest BCUT2D eigenvalue weighted by molar-refractivity contribution is 6.42. The van der Waals surface area contributed by atoms with Crippen molar-refractivity contribution >= 4 is 41.0 Å². The van der Waals surface area contributed by atoms with E-state index in [0.717, 1.165) is 36.1 Å². The Labute approximate surface area is 233 Å². The van der Waals surface area contributed by atoms with Gasteiger partial charge in [-0.2, -0.15) is 0 Å². The lowest BCUT2D eigenvalue weighted by atomic mass is 9.98. The van der Waals surface area contributed by atoms with Gasteiger partial charge in [-0.05, 0) is 60.6 Å². The third kappa shape index (κ3) is 7.28. The van der Waals surface area contributed by atoms with Crippen LogP contribution >= 0.6 is 23.2 Å². The molecule has 2 amide bonds. The minimum atomic E-state index is -0.868. The molecule has 2 aromatic rings. The average Bonchev–Trinajstić information content (AvgIpc) is 3.50. The van der Waals surface area contributed by atoms with Crippen LogP contribution in [0.1, 0.15) is 67.7 Å². The molecule has 0 radical (unpaired) electrons. The number of aryl methyl sites for hydroxylation is 1. The monoisotopic (exact) mass is 560 g/mol. The van der Waals surface area contributed by atoms with Gasteiger partial charge in [-0.1, -0.05) is 54.2 Å². The predicted molar refractivity (Wildman–Crippen MR) is 146 cm³/mol. The molecule has 1 atom stereocenters. The van der Waals surface area contributed by atoms with Crippen molar-refractivity contribution in [3.63, 3.8) is 0 Å². The van der Waals surface area contributed by atoms with E-state index in [4.69, 9.17) is 27.9 Å². The van der Waals surface area contributed by atoms with Crippen LogP contribution in [0, 0.1) is 12.8 Å². The van der Waals surface area contributed by atoms with E-state index in [9.17, 15) is 19.5 Å². The van der Waals surface area contributed by atoms with Crippen LogP contribution in [0.3, 0.4) is 0 Å². The molecule has 0 aromatic heterocycles. The SMILES string of the molecule is Cc1cc(CN(CC2CCCC2)C(CC(=O)O)c2ccc(Cl)c(Cl)c2)ccc1OCCN1C(=O)CCC1=O. The maximum absolute atomic E-state index is 11.9. The van der Waals surface area contributed by atoms with Crippen molar-refractivity contribution in [1.82, 2.24) is 9.80 Å². The number of carboxylic acid groups (broad SMARTS) is 1. The Balaban J connectivity index is 1.50. The molecular formula is C29H34Cl2N2O5. The number of halogens is 2. The predicted octanol–water partition coefficient (Wildman–Crippen LogP) is 6.04. The molecule has 1 aliphatic heterocycles. The van der Waals surface area contributed by atoms with Crippen LogP contribution < -0.4 is 4.74 Å². The molecular weight excluding hydrogens is 527 g/mol. The van der Waals surface area contributed by atoms with Crippen molar-refractivity contribution in [1.29, 1.82) is 0 Å². The summed E-state index contributed by atoms with van der Waals surface area (Å²) in [5, 5.41) is 10.6. The van der Waals surface area contributed by atoms with Crippen molar-refractivity contribution in [3.8, 4) is 5.75 Å². The Morgan fingerprint density at radius 2 is 1.79 bits per heavy atom. The van der Waals surface area contributed by atoms with Gasteiger partial charge in [-0.15, -0.1) is 0 Å². The molecule has 2 fully saturated rings. The van der Waals surface area contributed by atoms with E-state index in [0.29, 0.717) is 28.3 Å².